The average molecular weight is 441 g/mol. The number of nitrogens with zero attached hydrogens (tertiary/aromatic N) is 1. The van der Waals surface area contributed by atoms with Crippen LogP contribution in [0.4, 0.5) is 0 Å². The summed E-state index contributed by atoms with van der Waals surface area (Å²) >= 11 is 2.36. The van der Waals surface area contributed by atoms with E-state index in [2.05, 4.69) is 59.2 Å². The lowest BCUT2D eigenvalue weighted by atomic mass is 10.1. The van der Waals surface area contributed by atoms with Crippen LogP contribution in [-0.4, -0.2) is 10.4 Å². The lowest BCUT2D eigenvalue weighted by Gasteiger charge is -2.11. The molecule has 0 radical (unpaired) electrons. The van der Waals surface area contributed by atoms with Crippen LogP contribution in [0.25, 0.3) is 11.8 Å². The molecule has 0 aliphatic heterocycles. The van der Waals surface area contributed by atoms with Gasteiger partial charge in [-0.3, -0.25) is 4.79 Å². The number of halogens is 1. The zero-order valence-corrected chi connectivity index (χ0v) is 16.7. The molecule has 2 aromatic carbocycles. The minimum Gasteiger partial charge on any atom is -0.317 e. The van der Waals surface area contributed by atoms with Gasteiger partial charge in [0.25, 0.3) is 0 Å². The van der Waals surface area contributed by atoms with Crippen molar-refractivity contribution in [2.24, 2.45) is 0 Å². The van der Waals surface area contributed by atoms with Gasteiger partial charge >= 0.3 is 0 Å². The van der Waals surface area contributed by atoms with Gasteiger partial charge in [0.05, 0.1) is 5.69 Å². The summed E-state index contributed by atoms with van der Waals surface area (Å²) in [6.07, 6.45) is 3.57. The van der Waals surface area contributed by atoms with E-state index in [-0.39, 0.29) is 5.78 Å². The normalized spacial score (nSPS) is 11.2. The summed E-state index contributed by atoms with van der Waals surface area (Å²) in [6.45, 7) is 6.20. The van der Waals surface area contributed by atoms with Crippen molar-refractivity contribution < 1.29 is 4.79 Å². The number of allylic oxidation sites excluding steroid dienone is 1. The molecule has 2 nitrogen and oxygen atoms in total. The van der Waals surface area contributed by atoms with E-state index in [0.29, 0.717) is 5.56 Å². The lowest BCUT2D eigenvalue weighted by Crippen LogP contribution is -2.01. The fraction of sp³-hybridized carbons (Fsp3) is 0.136. The smallest absolute Gasteiger partial charge is 0.185 e. The van der Waals surface area contributed by atoms with E-state index < -0.39 is 0 Å². The van der Waals surface area contributed by atoms with E-state index >= 15 is 0 Å². The summed E-state index contributed by atoms with van der Waals surface area (Å²) < 4.78 is 3.44. The monoisotopic (exact) mass is 441 g/mol. The number of aromatic nitrogens is 1. The molecule has 0 fully saturated rings. The van der Waals surface area contributed by atoms with Gasteiger partial charge in [-0.2, -0.15) is 0 Å². The maximum Gasteiger partial charge on any atom is 0.185 e. The van der Waals surface area contributed by atoms with Crippen molar-refractivity contribution in [2.45, 2.75) is 20.8 Å². The van der Waals surface area contributed by atoms with Crippen molar-refractivity contribution in [3.05, 3.63) is 92.3 Å². The van der Waals surface area contributed by atoms with Crippen LogP contribution in [0.1, 0.15) is 32.9 Å². The zero-order chi connectivity index (χ0) is 18.0. The first-order valence-electron chi connectivity index (χ1n) is 8.20. The van der Waals surface area contributed by atoms with Crippen LogP contribution in [0, 0.1) is 24.3 Å². The van der Waals surface area contributed by atoms with Gasteiger partial charge in [-0.15, -0.1) is 0 Å². The molecule has 3 aromatic rings. The highest BCUT2D eigenvalue weighted by atomic mass is 127. The van der Waals surface area contributed by atoms with Gasteiger partial charge in [-0.25, -0.2) is 0 Å². The average Bonchev–Trinajstić information content (AvgIpc) is 2.88. The Morgan fingerprint density at radius 2 is 1.68 bits per heavy atom. The van der Waals surface area contributed by atoms with Crippen LogP contribution in [0.3, 0.4) is 0 Å². The Morgan fingerprint density at radius 1 is 1.00 bits per heavy atom. The van der Waals surface area contributed by atoms with Crippen molar-refractivity contribution in [1.29, 1.82) is 0 Å². The summed E-state index contributed by atoms with van der Waals surface area (Å²) in [6, 6.07) is 18.1. The first kappa shape index (κ1) is 17.7. The molecule has 0 unspecified atom stereocenters. The topological polar surface area (TPSA) is 22.0 Å². The van der Waals surface area contributed by atoms with Crippen molar-refractivity contribution in [2.75, 3.05) is 0 Å². The Hall–Kier alpha value is -2.14. The van der Waals surface area contributed by atoms with Crippen LogP contribution in [-0.2, 0) is 0 Å². The van der Waals surface area contributed by atoms with E-state index in [1.54, 1.807) is 6.08 Å². The molecule has 0 aliphatic rings. The number of para-hydroxylation sites is 1. The Bertz CT molecular complexity index is 949. The van der Waals surface area contributed by atoms with Crippen molar-refractivity contribution in [1.82, 2.24) is 4.57 Å². The Morgan fingerprint density at radius 3 is 2.36 bits per heavy atom. The van der Waals surface area contributed by atoms with Gasteiger partial charge in [0.15, 0.2) is 5.78 Å². The van der Waals surface area contributed by atoms with Gasteiger partial charge in [-0.1, -0.05) is 42.0 Å². The number of benzene rings is 2. The fourth-order valence-electron chi connectivity index (χ4n) is 2.94. The second-order valence-electron chi connectivity index (χ2n) is 6.18. The minimum atomic E-state index is 0.0269. The standard InChI is InChI=1S/C22H20INO/c1-15-8-10-18(11-9-15)22(25)13-12-19-14-16(2)24(17(19)3)21-7-5-4-6-20(21)23/h4-14H,1-3H3/b13-12+. The van der Waals surface area contributed by atoms with Crippen LogP contribution < -0.4 is 0 Å². The maximum atomic E-state index is 12.4. The Kier molecular flexibility index (Phi) is 5.23. The molecule has 0 N–H and O–H groups in total. The Labute approximate surface area is 162 Å². The third kappa shape index (κ3) is 3.76. The van der Waals surface area contributed by atoms with Crippen LogP contribution in [0.2, 0.25) is 0 Å². The molecule has 0 aliphatic carbocycles. The molecule has 25 heavy (non-hydrogen) atoms. The SMILES string of the molecule is Cc1ccc(C(=O)/C=C/c2cc(C)n(-c3ccccc3I)c2C)cc1. The van der Waals surface area contributed by atoms with E-state index in [1.165, 1.54) is 9.26 Å². The number of ketones is 1. The number of rotatable bonds is 4. The highest BCUT2D eigenvalue weighted by molar-refractivity contribution is 14.1. The molecule has 0 bridgehead atoms. The molecule has 126 valence electrons. The summed E-state index contributed by atoms with van der Waals surface area (Å²) in [5, 5.41) is 0. The molecular weight excluding hydrogens is 421 g/mol. The van der Waals surface area contributed by atoms with Crippen molar-refractivity contribution >= 4 is 34.5 Å². The summed E-state index contributed by atoms with van der Waals surface area (Å²) in [5.41, 5.74) is 6.40. The molecule has 0 saturated carbocycles. The third-order valence-electron chi connectivity index (χ3n) is 4.31. The molecule has 0 amide bonds. The molecule has 3 rings (SSSR count). The van der Waals surface area contributed by atoms with Crippen molar-refractivity contribution in [3.8, 4) is 5.69 Å². The predicted octanol–water partition coefficient (Wildman–Crippen LogP) is 5.90. The Balaban J connectivity index is 1.92. The summed E-state index contributed by atoms with van der Waals surface area (Å²) in [7, 11) is 0. The summed E-state index contributed by atoms with van der Waals surface area (Å²) in [5.74, 6) is 0.0269. The second kappa shape index (κ2) is 7.40. The van der Waals surface area contributed by atoms with Crippen LogP contribution >= 0.6 is 22.6 Å². The van der Waals surface area contributed by atoms with E-state index in [0.717, 1.165) is 22.5 Å². The number of aryl methyl sites for hydroxylation is 2. The minimum absolute atomic E-state index is 0.0269. The first-order chi connectivity index (χ1) is 12.0. The molecule has 0 spiro atoms. The van der Waals surface area contributed by atoms with Crippen molar-refractivity contribution in [3.63, 3.8) is 0 Å². The highest BCUT2D eigenvalue weighted by Gasteiger charge is 2.11. The highest BCUT2D eigenvalue weighted by Crippen LogP contribution is 2.25. The zero-order valence-electron chi connectivity index (χ0n) is 14.6. The van der Waals surface area contributed by atoms with Gasteiger partial charge < -0.3 is 4.57 Å². The van der Waals surface area contributed by atoms with Gasteiger partial charge in [-0.05, 0) is 79.3 Å². The predicted molar refractivity (Wildman–Crippen MR) is 113 cm³/mol. The number of hydrogen-bond acceptors (Lipinski definition) is 1. The lowest BCUT2D eigenvalue weighted by molar-refractivity contribution is 0.104. The quantitative estimate of drug-likeness (QED) is 0.281. The molecular formula is C22H20INO. The first-order valence-corrected chi connectivity index (χ1v) is 9.28. The molecule has 0 saturated heterocycles. The van der Waals surface area contributed by atoms with Crippen LogP contribution in [0.5, 0.6) is 0 Å². The van der Waals surface area contributed by atoms with Gasteiger partial charge in [0, 0.05) is 20.5 Å². The number of hydrogen-bond donors (Lipinski definition) is 0. The fourth-order valence-corrected chi connectivity index (χ4v) is 3.57. The number of carbonyl (C=O) groups is 1. The number of carbonyl (C=O) groups excluding carboxylic acids is 1. The van der Waals surface area contributed by atoms with E-state index in [4.69, 9.17) is 0 Å². The summed E-state index contributed by atoms with van der Waals surface area (Å²) in [4.78, 5) is 12.4. The second-order valence-corrected chi connectivity index (χ2v) is 7.34. The maximum absolute atomic E-state index is 12.4. The third-order valence-corrected chi connectivity index (χ3v) is 5.23. The van der Waals surface area contributed by atoms with E-state index in [9.17, 15) is 4.79 Å². The largest absolute Gasteiger partial charge is 0.317 e. The molecule has 1 heterocycles. The van der Waals surface area contributed by atoms with Crippen LogP contribution in [0.15, 0.2) is 60.7 Å². The molecule has 1 aromatic heterocycles. The van der Waals surface area contributed by atoms with E-state index in [1.807, 2.05) is 49.4 Å². The van der Waals surface area contributed by atoms with Gasteiger partial charge in [0.1, 0.15) is 0 Å². The molecule has 0 atom stereocenters. The molecule has 3 heteroatoms. The van der Waals surface area contributed by atoms with Gasteiger partial charge in [0.2, 0.25) is 0 Å².